The van der Waals surface area contributed by atoms with E-state index in [1.165, 1.54) is 0 Å². The quantitative estimate of drug-likeness (QED) is 0.881. The lowest BCUT2D eigenvalue weighted by molar-refractivity contribution is -0.120. The van der Waals surface area contributed by atoms with Gasteiger partial charge in [0.2, 0.25) is 17.8 Å². The van der Waals surface area contributed by atoms with E-state index in [0.29, 0.717) is 24.4 Å². The van der Waals surface area contributed by atoms with Gasteiger partial charge in [0.25, 0.3) is 0 Å². The van der Waals surface area contributed by atoms with E-state index in [4.69, 9.17) is 0 Å². The highest BCUT2D eigenvalue weighted by molar-refractivity contribution is 5.91. The zero-order valence-corrected chi connectivity index (χ0v) is 14.6. The smallest absolute Gasteiger partial charge is 0.248 e. The lowest BCUT2D eigenvalue weighted by atomic mass is 9.97. The van der Waals surface area contributed by atoms with Crippen LogP contribution < -0.4 is 10.2 Å². The Bertz CT molecular complexity index is 763. The Morgan fingerprint density at radius 2 is 1.96 bits per heavy atom. The van der Waals surface area contributed by atoms with Crippen molar-refractivity contribution in [3.05, 3.63) is 23.3 Å². The van der Waals surface area contributed by atoms with Gasteiger partial charge in [0.1, 0.15) is 5.82 Å². The van der Waals surface area contributed by atoms with Gasteiger partial charge in [-0.15, -0.1) is 5.10 Å². The minimum absolute atomic E-state index is 0.0320. The fourth-order valence-corrected chi connectivity index (χ4v) is 3.30. The zero-order chi connectivity index (χ0) is 17.4. The van der Waals surface area contributed by atoms with Gasteiger partial charge in [-0.2, -0.15) is 4.98 Å². The molecule has 0 bridgehead atoms. The number of aryl methyl sites for hydroxylation is 2. The number of carbonyl (C=O) groups excluding carboxylic acids is 1. The van der Waals surface area contributed by atoms with Crippen LogP contribution in [0.1, 0.15) is 48.8 Å². The van der Waals surface area contributed by atoms with Crippen molar-refractivity contribution in [2.24, 2.45) is 5.92 Å². The minimum atomic E-state index is -0.110. The molecule has 1 saturated carbocycles. The number of hydrogen-bond donors (Lipinski definition) is 2. The largest absolute Gasteiger partial charge is 0.340 e. The Morgan fingerprint density at radius 1 is 1.20 bits per heavy atom. The van der Waals surface area contributed by atoms with E-state index in [1.54, 1.807) is 0 Å². The van der Waals surface area contributed by atoms with Crippen molar-refractivity contribution in [2.45, 2.75) is 45.4 Å². The molecule has 2 aliphatic rings. The molecule has 8 nitrogen and oxygen atoms in total. The predicted octanol–water partition coefficient (Wildman–Crippen LogP) is 1.94. The molecule has 1 saturated heterocycles. The van der Waals surface area contributed by atoms with Crippen LogP contribution in [0, 0.1) is 19.8 Å². The first-order valence-electron chi connectivity index (χ1n) is 8.89. The van der Waals surface area contributed by atoms with Crippen LogP contribution in [-0.4, -0.2) is 44.1 Å². The molecule has 1 aliphatic carbocycles. The molecular weight excluding hydrogens is 318 g/mol. The summed E-state index contributed by atoms with van der Waals surface area (Å²) in [6.07, 6.45) is 4.09. The summed E-state index contributed by atoms with van der Waals surface area (Å²) in [4.78, 5) is 28.1. The second-order valence-corrected chi connectivity index (χ2v) is 7.04. The van der Waals surface area contributed by atoms with Crippen LogP contribution in [0.25, 0.3) is 0 Å². The summed E-state index contributed by atoms with van der Waals surface area (Å²) >= 11 is 0. The van der Waals surface area contributed by atoms with Gasteiger partial charge in [-0.3, -0.25) is 15.2 Å². The van der Waals surface area contributed by atoms with E-state index in [1.807, 2.05) is 19.9 Å². The first kappa shape index (κ1) is 16.0. The van der Waals surface area contributed by atoms with E-state index in [0.717, 1.165) is 49.4 Å². The van der Waals surface area contributed by atoms with Crippen molar-refractivity contribution in [1.29, 1.82) is 0 Å². The summed E-state index contributed by atoms with van der Waals surface area (Å²) in [5.41, 5.74) is 1.89. The van der Waals surface area contributed by atoms with Crippen molar-refractivity contribution in [1.82, 2.24) is 25.1 Å². The summed E-state index contributed by atoms with van der Waals surface area (Å²) < 4.78 is 0. The number of aromatic nitrogens is 5. The van der Waals surface area contributed by atoms with Gasteiger partial charge in [-0.05, 0) is 45.6 Å². The number of amides is 1. The van der Waals surface area contributed by atoms with Gasteiger partial charge in [0.05, 0.1) is 5.92 Å². The van der Waals surface area contributed by atoms with Crippen LogP contribution in [0.3, 0.4) is 0 Å². The Balaban J connectivity index is 1.41. The van der Waals surface area contributed by atoms with Crippen molar-refractivity contribution in [3.63, 3.8) is 0 Å². The zero-order valence-electron chi connectivity index (χ0n) is 14.6. The number of rotatable bonds is 4. The fraction of sp³-hybridized carbons (Fsp3) is 0.588. The molecule has 2 aromatic heterocycles. The second kappa shape index (κ2) is 6.42. The second-order valence-electron chi connectivity index (χ2n) is 7.04. The van der Waals surface area contributed by atoms with E-state index < -0.39 is 0 Å². The monoisotopic (exact) mass is 341 g/mol. The number of anilines is 2. The summed E-state index contributed by atoms with van der Waals surface area (Å²) in [6.45, 7) is 5.42. The average Bonchev–Trinajstić information content (AvgIpc) is 3.34. The number of piperidine rings is 1. The van der Waals surface area contributed by atoms with Gasteiger partial charge >= 0.3 is 0 Å². The molecular formula is C17H23N7O. The normalized spacial score (nSPS) is 20.6. The number of carbonyl (C=O) groups is 1. The maximum absolute atomic E-state index is 12.6. The summed E-state index contributed by atoms with van der Waals surface area (Å²) in [6, 6.07) is 1.96. The van der Waals surface area contributed by atoms with Crippen molar-refractivity contribution in [2.75, 3.05) is 23.3 Å². The third-order valence-corrected chi connectivity index (χ3v) is 4.75. The minimum Gasteiger partial charge on any atom is -0.340 e. The van der Waals surface area contributed by atoms with Gasteiger partial charge < -0.3 is 4.90 Å². The topological polar surface area (TPSA) is 99.7 Å². The van der Waals surface area contributed by atoms with Crippen molar-refractivity contribution < 1.29 is 4.79 Å². The molecule has 2 N–H and O–H groups in total. The highest BCUT2D eigenvalue weighted by Crippen LogP contribution is 2.38. The lowest BCUT2D eigenvalue weighted by Crippen LogP contribution is -2.41. The molecule has 1 unspecified atom stereocenters. The molecule has 0 aromatic carbocycles. The molecule has 3 heterocycles. The molecule has 2 fully saturated rings. The number of nitrogens with zero attached hydrogens (tertiary/aromatic N) is 5. The standard InChI is InChI=1S/C17H23N7O/c1-10-8-11(2)19-17(18-10)24-7-3-4-13(9-24)15(25)21-16-20-14(22-23-16)12-5-6-12/h8,12-13H,3-7,9H2,1-2H3,(H2,20,21,22,23,25). The Hall–Kier alpha value is -2.51. The van der Waals surface area contributed by atoms with Crippen LogP contribution in [-0.2, 0) is 4.79 Å². The molecule has 0 spiro atoms. The molecule has 132 valence electrons. The highest BCUT2D eigenvalue weighted by Gasteiger charge is 2.30. The molecule has 1 aliphatic heterocycles. The Labute approximate surface area is 146 Å². The van der Waals surface area contributed by atoms with E-state index in [2.05, 4.69) is 35.4 Å². The third kappa shape index (κ3) is 3.62. The Kier molecular flexibility index (Phi) is 4.10. The molecule has 2 aromatic rings. The van der Waals surface area contributed by atoms with Crippen LogP contribution in [0.5, 0.6) is 0 Å². The van der Waals surface area contributed by atoms with Gasteiger partial charge in [-0.1, -0.05) is 0 Å². The lowest BCUT2D eigenvalue weighted by Gasteiger charge is -2.32. The van der Waals surface area contributed by atoms with Crippen LogP contribution in [0.15, 0.2) is 6.07 Å². The fourth-order valence-electron chi connectivity index (χ4n) is 3.30. The molecule has 4 rings (SSSR count). The number of hydrogen-bond acceptors (Lipinski definition) is 6. The number of aromatic amines is 1. The van der Waals surface area contributed by atoms with Crippen LogP contribution in [0.2, 0.25) is 0 Å². The summed E-state index contributed by atoms with van der Waals surface area (Å²) in [5, 5.41) is 9.87. The Morgan fingerprint density at radius 3 is 2.68 bits per heavy atom. The van der Waals surface area contributed by atoms with Crippen LogP contribution in [0.4, 0.5) is 11.9 Å². The molecule has 1 amide bonds. The van der Waals surface area contributed by atoms with Crippen LogP contribution >= 0.6 is 0 Å². The molecule has 0 radical (unpaired) electrons. The maximum atomic E-state index is 12.6. The molecule has 25 heavy (non-hydrogen) atoms. The highest BCUT2D eigenvalue weighted by atomic mass is 16.2. The predicted molar refractivity (Wildman–Crippen MR) is 93.4 cm³/mol. The average molecular weight is 341 g/mol. The van der Waals surface area contributed by atoms with E-state index >= 15 is 0 Å². The molecule has 1 atom stereocenters. The van der Waals surface area contributed by atoms with Gasteiger partial charge in [-0.25, -0.2) is 9.97 Å². The number of nitrogens with one attached hydrogen (secondary N) is 2. The molecule has 8 heteroatoms. The van der Waals surface area contributed by atoms with Gasteiger partial charge in [0, 0.05) is 30.4 Å². The van der Waals surface area contributed by atoms with Crippen molar-refractivity contribution >= 4 is 17.8 Å². The summed E-state index contributed by atoms with van der Waals surface area (Å²) in [5.74, 6) is 2.32. The van der Waals surface area contributed by atoms with E-state index in [9.17, 15) is 4.79 Å². The van der Waals surface area contributed by atoms with Gasteiger partial charge in [0.15, 0.2) is 0 Å². The van der Waals surface area contributed by atoms with Crippen molar-refractivity contribution in [3.8, 4) is 0 Å². The number of H-pyrrole nitrogens is 1. The van der Waals surface area contributed by atoms with E-state index in [-0.39, 0.29) is 11.8 Å². The SMILES string of the molecule is Cc1cc(C)nc(N2CCCC(C(=O)Nc3n[nH]c(C4CC4)n3)C2)n1. The first-order chi connectivity index (χ1) is 12.1. The summed E-state index contributed by atoms with van der Waals surface area (Å²) in [7, 11) is 0. The maximum Gasteiger partial charge on any atom is 0.248 e. The third-order valence-electron chi connectivity index (χ3n) is 4.75. The first-order valence-corrected chi connectivity index (χ1v) is 8.89.